The molecule has 0 aliphatic carbocycles. The van der Waals surface area contributed by atoms with Crippen molar-refractivity contribution < 1.29 is 14.3 Å². The third-order valence-corrected chi connectivity index (χ3v) is 5.98. The maximum Gasteiger partial charge on any atom is 0.242 e. The number of benzene rings is 2. The Kier molecular flexibility index (Phi) is 9.92. The Bertz CT molecular complexity index is 835. The second-order valence-corrected chi connectivity index (χ2v) is 9.26. The lowest BCUT2D eigenvalue weighted by Gasteiger charge is -2.29. The molecule has 168 valence electrons. The van der Waals surface area contributed by atoms with Crippen molar-refractivity contribution >= 4 is 23.6 Å². The molecule has 5 nitrogen and oxygen atoms in total. The van der Waals surface area contributed by atoms with E-state index in [0.717, 1.165) is 16.2 Å². The first-order valence-electron chi connectivity index (χ1n) is 10.7. The maximum atomic E-state index is 13.1. The van der Waals surface area contributed by atoms with Crippen LogP contribution < -0.4 is 10.1 Å². The standard InChI is InChI=1S/C25H34N2O3S/c1-18(2)16-26-25(29)20(4)27(17-21-8-10-22(30-5)11-9-21)24(28)14-15-31-23-12-6-19(3)7-13-23/h6-13,18,20H,14-17H2,1-5H3,(H,26,29). The molecule has 1 N–H and O–H groups in total. The number of carbonyl (C=O) groups excluding carboxylic acids is 2. The number of hydrogen-bond acceptors (Lipinski definition) is 4. The van der Waals surface area contributed by atoms with E-state index in [1.165, 1.54) is 5.56 Å². The molecule has 0 aliphatic heterocycles. The Morgan fingerprint density at radius 1 is 1.03 bits per heavy atom. The number of rotatable bonds is 11. The molecule has 0 aliphatic rings. The van der Waals surface area contributed by atoms with Gasteiger partial charge in [0.1, 0.15) is 11.8 Å². The van der Waals surface area contributed by atoms with Crippen LogP contribution in [0, 0.1) is 12.8 Å². The van der Waals surface area contributed by atoms with Gasteiger partial charge in [0, 0.05) is 30.2 Å². The molecule has 31 heavy (non-hydrogen) atoms. The van der Waals surface area contributed by atoms with Crippen molar-refractivity contribution in [2.75, 3.05) is 19.4 Å². The number of nitrogens with one attached hydrogen (secondary N) is 1. The third-order valence-electron chi connectivity index (χ3n) is 4.97. The first-order valence-corrected chi connectivity index (χ1v) is 11.7. The smallest absolute Gasteiger partial charge is 0.242 e. The molecule has 0 radical (unpaired) electrons. The van der Waals surface area contributed by atoms with E-state index >= 15 is 0 Å². The van der Waals surface area contributed by atoms with E-state index in [-0.39, 0.29) is 11.8 Å². The van der Waals surface area contributed by atoms with Crippen molar-refractivity contribution in [3.63, 3.8) is 0 Å². The monoisotopic (exact) mass is 442 g/mol. The van der Waals surface area contributed by atoms with Gasteiger partial charge < -0.3 is 15.0 Å². The number of amides is 2. The van der Waals surface area contributed by atoms with E-state index in [1.807, 2.05) is 38.1 Å². The topological polar surface area (TPSA) is 58.6 Å². The molecule has 1 unspecified atom stereocenters. The number of carbonyl (C=O) groups is 2. The Morgan fingerprint density at radius 2 is 1.68 bits per heavy atom. The molecule has 0 bridgehead atoms. The van der Waals surface area contributed by atoms with Gasteiger partial charge in [0.15, 0.2) is 0 Å². The Balaban J connectivity index is 2.05. The van der Waals surface area contributed by atoms with Gasteiger partial charge in [0.2, 0.25) is 11.8 Å². The van der Waals surface area contributed by atoms with Crippen LogP contribution in [0.4, 0.5) is 0 Å². The molecule has 0 fully saturated rings. The van der Waals surface area contributed by atoms with E-state index in [0.29, 0.717) is 31.2 Å². The number of thioether (sulfide) groups is 1. The molecule has 0 spiro atoms. The molecule has 1 atom stereocenters. The van der Waals surface area contributed by atoms with Crippen LogP contribution in [0.25, 0.3) is 0 Å². The second-order valence-electron chi connectivity index (χ2n) is 8.10. The van der Waals surface area contributed by atoms with Crippen LogP contribution in [-0.2, 0) is 16.1 Å². The van der Waals surface area contributed by atoms with E-state index in [4.69, 9.17) is 4.74 Å². The minimum Gasteiger partial charge on any atom is -0.497 e. The maximum absolute atomic E-state index is 13.1. The summed E-state index contributed by atoms with van der Waals surface area (Å²) in [5.41, 5.74) is 2.18. The number of methoxy groups -OCH3 is 1. The van der Waals surface area contributed by atoms with Crippen LogP contribution >= 0.6 is 11.8 Å². The molecule has 6 heteroatoms. The van der Waals surface area contributed by atoms with Gasteiger partial charge in [-0.1, -0.05) is 43.7 Å². The van der Waals surface area contributed by atoms with Crippen LogP contribution in [0.3, 0.4) is 0 Å². The van der Waals surface area contributed by atoms with Crippen molar-refractivity contribution in [3.8, 4) is 5.75 Å². The highest BCUT2D eigenvalue weighted by Gasteiger charge is 2.26. The zero-order chi connectivity index (χ0) is 22.8. The van der Waals surface area contributed by atoms with Crippen molar-refractivity contribution in [2.45, 2.75) is 51.6 Å². The van der Waals surface area contributed by atoms with E-state index < -0.39 is 6.04 Å². The van der Waals surface area contributed by atoms with Gasteiger partial charge in [0.05, 0.1) is 7.11 Å². The SMILES string of the molecule is COc1ccc(CN(C(=O)CCSc2ccc(C)cc2)C(C)C(=O)NCC(C)C)cc1. The summed E-state index contributed by atoms with van der Waals surface area (Å²) in [7, 11) is 1.62. The summed E-state index contributed by atoms with van der Waals surface area (Å²) in [4.78, 5) is 28.6. The molecule has 2 rings (SSSR count). The molecule has 0 saturated carbocycles. The predicted molar refractivity (Wildman–Crippen MR) is 127 cm³/mol. The zero-order valence-corrected chi connectivity index (χ0v) is 20.0. The summed E-state index contributed by atoms with van der Waals surface area (Å²) in [5.74, 6) is 1.64. The summed E-state index contributed by atoms with van der Waals surface area (Å²) >= 11 is 1.66. The first kappa shape index (κ1) is 24.8. The number of ether oxygens (including phenoxy) is 1. The molecular formula is C25H34N2O3S. The van der Waals surface area contributed by atoms with E-state index in [1.54, 1.807) is 30.7 Å². The van der Waals surface area contributed by atoms with Gasteiger partial charge in [-0.3, -0.25) is 9.59 Å². The van der Waals surface area contributed by atoms with Gasteiger partial charge in [-0.15, -0.1) is 11.8 Å². The predicted octanol–water partition coefficient (Wildman–Crippen LogP) is 4.68. The molecule has 0 heterocycles. The van der Waals surface area contributed by atoms with Crippen molar-refractivity contribution in [1.29, 1.82) is 0 Å². The van der Waals surface area contributed by atoms with Crippen LogP contribution in [0.2, 0.25) is 0 Å². The van der Waals surface area contributed by atoms with Crippen molar-refractivity contribution in [1.82, 2.24) is 10.2 Å². The average molecular weight is 443 g/mol. The van der Waals surface area contributed by atoms with Crippen LogP contribution in [-0.4, -0.2) is 42.2 Å². The van der Waals surface area contributed by atoms with E-state index in [2.05, 4.69) is 36.5 Å². The molecular weight excluding hydrogens is 408 g/mol. The summed E-state index contributed by atoms with van der Waals surface area (Å²) < 4.78 is 5.22. The minimum atomic E-state index is -0.544. The third kappa shape index (κ3) is 8.29. The van der Waals surface area contributed by atoms with Crippen LogP contribution in [0.1, 0.15) is 38.3 Å². The molecule has 0 aromatic heterocycles. The van der Waals surface area contributed by atoms with Crippen LogP contribution in [0.5, 0.6) is 5.75 Å². The number of aryl methyl sites for hydroxylation is 1. The van der Waals surface area contributed by atoms with Gasteiger partial charge in [-0.2, -0.15) is 0 Å². The van der Waals surface area contributed by atoms with Gasteiger partial charge in [0.25, 0.3) is 0 Å². The zero-order valence-electron chi connectivity index (χ0n) is 19.2. The van der Waals surface area contributed by atoms with Gasteiger partial charge in [-0.05, 0) is 49.6 Å². The average Bonchev–Trinajstić information content (AvgIpc) is 2.77. The lowest BCUT2D eigenvalue weighted by Crippen LogP contribution is -2.48. The highest BCUT2D eigenvalue weighted by atomic mass is 32.2. The second kappa shape index (κ2) is 12.4. The fraction of sp³-hybridized carbons (Fsp3) is 0.440. The normalized spacial score (nSPS) is 11.8. The lowest BCUT2D eigenvalue weighted by atomic mass is 10.1. The molecule has 2 aromatic carbocycles. The summed E-state index contributed by atoms with van der Waals surface area (Å²) in [5, 5.41) is 2.95. The Morgan fingerprint density at radius 3 is 2.26 bits per heavy atom. The largest absolute Gasteiger partial charge is 0.497 e. The molecule has 2 amide bonds. The quantitative estimate of drug-likeness (QED) is 0.514. The molecule has 2 aromatic rings. The Labute approximate surface area is 190 Å². The molecule has 0 saturated heterocycles. The minimum absolute atomic E-state index is 0.0253. The first-order chi connectivity index (χ1) is 14.8. The van der Waals surface area contributed by atoms with Gasteiger partial charge >= 0.3 is 0 Å². The number of nitrogens with zero attached hydrogens (tertiary/aromatic N) is 1. The van der Waals surface area contributed by atoms with Gasteiger partial charge in [-0.25, -0.2) is 0 Å². The summed E-state index contributed by atoms with van der Waals surface area (Å²) in [6, 6.07) is 15.3. The van der Waals surface area contributed by atoms with Crippen molar-refractivity contribution in [2.24, 2.45) is 5.92 Å². The van der Waals surface area contributed by atoms with Crippen molar-refractivity contribution in [3.05, 3.63) is 59.7 Å². The fourth-order valence-electron chi connectivity index (χ4n) is 3.00. The Hall–Kier alpha value is -2.47. The van der Waals surface area contributed by atoms with Crippen LogP contribution in [0.15, 0.2) is 53.4 Å². The number of hydrogen-bond donors (Lipinski definition) is 1. The highest BCUT2D eigenvalue weighted by molar-refractivity contribution is 7.99. The summed E-state index contributed by atoms with van der Waals surface area (Å²) in [6.45, 7) is 8.93. The fourth-order valence-corrected chi connectivity index (χ4v) is 3.84. The lowest BCUT2D eigenvalue weighted by molar-refractivity contribution is -0.140. The highest BCUT2D eigenvalue weighted by Crippen LogP contribution is 2.21. The summed E-state index contributed by atoms with van der Waals surface area (Å²) in [6.07, 6.45) is 0.372. The van der Waals surface area contributed by atoms with E-state index in [9.17, 15) is 9.59 Å².